The van der Waals surface area contributed by atoms with Gasteiger partial charge in [-0.25, -0.2) is 0 Å². The summed E-state index contributed by atoms with van der Waals surface area (Å²) in [5.41, 5.74) is 0. The zero-order valence-electron chi connectivity index (χ0n) is 10.2. The zero-order chi connectivity index (χ0) is 11.1. The van der Waals surface area contributed by atoms with Crippen LogP contribution in [0.1, 0.15) is 20.8 Å². The normalized spacial score (nSPS) is 16.3. The monoisotopic (exact) mass is 202 g/mol. The van der Waals surface area contributed by atoms with Crippen molar-refractivity contribution in [2.24, 2.45) is 11.8 Å². The summed E-state index contributed by atoms with van der Waals surface area (Å²) >= 11 is 0. The number of rotatable bonds is 7. The first-order valence-electron chi connectivity index (χ1n) is 5.47. The third-order valence-corrected chi connectivity index (χ3v) is 2.56. The molecular weight excluding hydrogens is 176 g/mol. The molecule has 0 bridgehead atoms. The SMILES string of the molecule is CC(C)C(C)CNCC(O)CN(C)C. The summed E-state index contributed by atoms with van der Waals surface area (Å²) in [7, 11) is 3.94. The van der Waals surface area contributed by atoms with Gasteiger partial charge in [0.05, 0.1) is 6.10 Å². The van der Waals surface area contributed by atoms with Crippen LogP contribution in [0.2, 0.25) is 0 Å². The molecule has 14 heavy (non-hydrogen) atoms. The van der Waals surface area contributed by atoms with Gasteiger partial charge in [-0.2, -0.15) is 0 Å². The molecule has 0 aromatic carbocycles. The molecule has 0 aliphatic rings. The Morgan fingerprint density at radius 1 is 1.14 bits per heavy atom. The van der Waals surface area contributed by atoms with E-state index in [1.165, 1.54) is 0 Å². The molecule has 86 valence electrons. The first-order valence-corrected chi connectivity index (χ1v) is 5.47. The van der Waals surface area contributed by atoms with Crippen LogP contribution < -0.4 is 5.32 Å². The Morgan fingerprint density at radius 3 is 2.14 bits per heavy atom. The van der Waals surface area contributed by atoms with Gasteiger partial charge in [-0.3, -0.25) is 0 Å². The molecule has 0 fully saturated rings. The van der Waals surface area contributed by atoms with Crippen molar-refractivity contribution < 1.29 is 5.11 Å². The molecule has 0 aliphatic carbocycles. The fourth-order valence-electron chi connectivity index (χ4n) is 1.20. The zero-order valence-corrected chi connectivity index (χ0v) is 10.2. The smallest absolute Gasteiger partial charge is 0.0791 e. The largest absolute Gasteiger partial charge is 0.390 e. The maximum absolute atomic E-state index is 9.57. The highest BCUT2D eigenvalue weighted by atomic mass is 16.3. The summed E-state index contributed by atoms with van der Waals surface area (Å²) < 4.78 is 0. The molecule has 2 N–H and O–H groups in total. The Kier molecular flexibility index (Phi) is 7.15. The lowest BCUT2D eigenvalue weighted by Gasteiger charge is -2.19. The predicted molar refractivity (Wildman–Crippen MR) is 61.4 cm³/mol. The van der Waals surface area contributed by atoms with Crippen LogP contribution in [0.4, 0.5) is 0 Å². The van der Waals surface area contributed by atoms with E-state index < -0.39 is 0 Å². The number of hydrogen-bond donors (Lipinski definition) is 2. The lowest BCUT2D eigenvalue weighted by Crippen LogP contribution is -2.37. The lowest BCUT2D eigenvalue weighted by molar-refractivity contribution is 0.133. The third-order valence-electron chi connectivity index (χ3n) is 2.56. The first-order chi connectivity index (χ1) is 6.43. The molecule has 3 heteroatoms. The van der Waals surface area contributed by atoms with Crippen LogP contribution in [0.5, 0.6) is 0 Å². The number of aliphatic hydroxyl groups is 1. The van der Waals surface area contributed by atoms with E-state index in [0.717, 1.165) is 13.1 Å². The summed E-state index contributed by atoms with van der Waals surface area (Å²) in [6.45, 7) is 9.08. The minimum Gasteiger partial charge on any atom is -0.390 e. The standard InChI is InChI=1S/C11H26N2O/c1-9(2)10(3)6-12-7-11(14)8-13(4)5/h9-12,14H,6-8H2,1-5H3. The summed E-state index contributed by atoms with van der Waals surface area (Å²) in [5.74, 6) is 1.37. The molecule has 0 spiro atoms. The molecule has 0 radical (unpaired) electrons. The van der Waals surface area contributed by atoms with Gasteiger partial charge in [-0.05, 0) is 32.5 Å². The van der Waals surface area contributed by atoms with Crippen LogP contribution in [0.15, 0.2) is 0 Å². The highest BCUT2D eigenvalue weighted by molar-refractivity contribution is 4.65. The van der Waals surface area contributed by atoms with Crippen LogP contribution in [0.3, 0.4) is 0 Å². The van der Waals surface area contributed by atoms with Crippen molar-refractivity contribution in [2.75, 3.05) is 33.7 Å². The van der Waals surface area contributed by atoms with Crippen LogP contribution in [0, 0.1) is 11.8 Å². The molecule has 0 aromatic heterocycles. The van der Waals surface area contributed by atoms with E-state index in [0.29, 0.717) is 18.4 Å². The molecule has 0 aromatic rings. The number of nitrogens with zero attached hydrogens (tertiary/aromatic N) is 1. The maximum atomic E-state index is 9.57. The number of likely N-dealkylation sites (N-methyl/N-ethyl adjacent to an activating group) is 1. The molecule has 2 unspecified atom stereocenters. The summed E-state index contributed by atoms with van der Waals surface area (Å²) in [4.78, 5) is 2.00. The topological polar surface area (TPSA) is 35.5 Å². The number of nitrogens with one attached hydrogen (secondary N) is 1. The Labute approximate surface area is 88.5 Å². The molecule has 0 saturated carbocycles. The van der Waals surface area contributed by atoms with Crippen molar-refractivity contribution in [1.82, 2.24) is 10.2 Å². The van der Waals surface area contributed by atoms with Crippen molar-refractivity contribution in [1.29, 1.82) is 0 Å². The number of hydrogen-bond acceptors (Lipinski definition) is 3. The Morgan fingerprint density at radius 2 is 1.71 bits per heavy atom. The van der Waals surface area contributed by atoms with E-state index in [1.54, 1.807) is 0 Å². The summed E-state index contributed by atoms with van der Waals surface area (Å²) in [5, 5.41) is 12.9. The van der Waals surface area contributed by atoms with Crippen LogP contribution in [-0.2, 0) is 0 Å². The van der Waals surface area contributed by atoms with E-state index in [4.69, 9.17) is 0 Å². The van der Waals surface area contributed by atoms with E-state index >= 15 is 0 Å². The third kappa shape index (κ3) is 7.30. The molecule has 0 heterocycles. The average molecular weight is 202 g/mol. The summed E-state index contributed by atoms with van der Waals surface area (Å²) in [6.07, 6.45) is -0.260. The van der Waals surface area contributed by atoms with Gasteiger partial charge < -0.3 is 15.3 Å². The van der Waals surface area contributed by atoms with E-state index in [9.17, 15) is 5.11 Å². The molecule has 0 aliphatic heterocycles. The van der Waals surface area contributed by atoms with Gasteiger partial charge in [0.1, 0.15) is 0 Å². The van der Waals surface area contributed by atoms with Gasteiger partial charge >= 0.3 is 0 Å². The van der Waals surface area contributed by atoms with Gasteiger partial charge in [0.25, 0.3) is 0 Å². The van der Waals surface area contributed by atoms with Gasteiger partial charge in [0.15, 0.2) is 0 Å². The molecule has 0 saturated heterocycles. The Balaban J connectivity index is 3.44. The Bertz CT molecular complexity index is 137. The second-order valence-electron chi connectivity index (χ2n) is 4.80. The predicted octanol–water partition coefficient (Wildman–Crippen LogP) is 0.791. The fourth-order valence-corrected chi connectivity index (χ4v) is 1.20. The van der Waals surface area contributed by atoms with Crippen molar-refractivity contribution in [3.05, 3.63) is 0 Å². The molecular formula is C11H26N2O. The Hall–Kier alpha value is -0.120. The minimum atomic E-state index is -0.260. The van der Waals surface area contributed by atoms with Crippen LogP contribution in [0.25, 0.3) is 0 Å². The summed E-state index contributed by atoms with van der Waals surface area (Å²) in [6, 6.07) is 0. The van der Waals surface area contributed by atoms with Gasteiger partial charge in [-0.15, -0.1) is 0 Å². The van der Waals surface area contributed by atoms with E-state index in [1.807, 2.05) is 19.0 Å². The molecule has 2 atom stereocenters. The van der Waals surface area contributed by atoms with Gasteiger partial charge in [0, 0.05) is 13.1 Å². The molecule has 3 nitrogen and oxygen atoms in total. The minimum absolute atomic E-state index is 0.260. The number of aliphatic hydroxyl groups excluding tert-OH is 1. The van der Waals surface area contributed by atoms with Crippen LogP contribution in [-0.4, -0.2) is 49.8 Å². The van der Waals surface area contributed by atoms with E-state index in [2.05, 4.69) is 26.1 Å². The average Bonchev–Trinajstić information content (AvgIpc) is 2.02. The van der Waals surface area contributed by atoms with Gasteiger partial charge in [0.2, 0.25) is 0 Å². The first kappa shape index (κ1) is 13.9. The molecule has 0 amide bonds. The van der Waals surface area contributed by atoms with Crippen molar-refractivity contribution >= 4 is 0 Å². The highest BCUT2D eigenvalue weighted by Crippen LogP contribution is 2.07. The van der Waals surface area contributed by atoms with Crippen molar-refractivity contribution in [2.45, 2.75) is 26.9 Å². The highest BCUT2D eigenvalue weighted by Gasteiger charge is 2.08. The van der Waals surface area contributed by atoms with Crippen LogP contribution >= 0.6 is 0 Å². The van der Waals surface area contributed by atoms with Crippen molar-refractivity contribution in [3.63, 3.8) is 0 Å². The van der Waals surface area contributed by atoms with Gasteiger partial charge in [-0.1, -0.05) is 20.8 Å². The second-order valence-corrected chi connectivity index (χ2v) is 4.80. The lowest BCUT2D eigenvalue weighted by atomic mass is 9.98. The quantitative estimate of drug-likeness (QED) is 0.641. The second kappa shape index (κ2) is 7.21. The van der Waals surface area contributed by atoms with Crippen molar-refractivity contribution in [3.8, 4) is 0 Å². The van der Waals surface area contributed by atoms with E-state index in [-0.39, 0.29) is 6.10 Å². The maximum Gasteiger partial charge on any atom is 0.0791 e. The molecule has 0 rings (SSSR count). The fraction of sp³-hybridized carbons (Fsp3) is 1.00.